The summed E-state index contributed by atoms with van der Waals surface area (Å²) >= 11 is 12.1. The number of nitrogens with zero attached hydrogens (tertiary/aromatic N) is 3. The Kier molecular flexibility index (Phi) is 6.34. The lowest BCUT2D eigenvalue weighted by atomic mass is 9.70. The monoisotopic (exact) mass is 484 g/mol. The van der Waals surface area contributed by atoms with E-state index in [0.29, 0.717) is 40.9 Å². The standard InChI is InChI=1S/C21H26Cl2N4O3S/c1-27-12-19(25-26-27)31(29,30)16-6-8-21(9-7-16,11-14-2-3-14)13-24-20(28)17-5-4-15(22)10-18(17)23/h4-5,10,12,14,16H,2-3,6-9,11,13H2,1H3,(H,24,28). The van der Waals surface area contributed by atoms with Gasteiger partial charge in [0.2, 0.25) is 9.84 Å². The van der Waals surface area contributed by atoms with E-state index in [0.717, 1.165) is 19.3 Å². The van der Waals surface area contributed by atoms with E-state index in [4.69, 9.17) is 23.2 Å². The molecule has 2 aromatic rings. The van der Waals surface area contributed by atoms with Gasteiger partial charge in [0.05, 0.1) is 22.0 Å². The molecule has 0 aliphatic heterocycles. The Hall–Kier alpha value is -1.64. The van der Waals surface area contributed by atoms with Crippen LogP contribution in [-0.2, 0) is 16.9 Å². The van der Waals surface area contributed by atoms with Gasteiger partial charge >= 0.3 is 0 Å². The molecule has 2 saturated carbocycles. The number of hydrogen-bond acceptors (Lipinski definition) is 5. The minimum absolute atomic E-state index is 0.0420. The van der Waals surface area contributed by atoms with Crippen molar-refractivity contribution in [2.24, 2.45) is 18.4 Å². The Balaban J connectivity index is 1.44. The van der Waals surface area contributed by atoms with Crippen LogP contribution in [-0.4, -0.2) is 41.1 Å². The fourth-order valence-corrected chi connectivity index (χ4v) is 6.71. The number of amides is 1. The molecule has 1 heterocycles. The highest BCUT2D eigenvalue weighted by Crippen LogP contribution is 2.48. The van der Waals surface area contributed by atoms with Crippen LogP contribution in [0.3, 0.4) is 0 Å². The largest absolute Gasteiger partial charge is 0.351 e. The normalized spacial score (nSPS) is 24.2. The lowest BCUT2D eigenvalue weighted by molar-refractivity contribution is 0.0895. The number of aryl methyl sites for hydroxylation is 1. The van der Waals surface area contributed by atoms with Gasteiger partial charge in [-0.25, -0.2) is 8.42 Å². The average Bonchev–Trinajstić information content (AvgIpc) is 3.42. The quantitative estimate of drug-likeness (QED) is 0.639. The Labute approximate surface area is 192 Å². The molecule has 31 heavy (non-hydrogen) atoms. The summed E-state index contributed by atoms with van der Waals surface area (Å²) in [6, 6.07) is 4.82. The molecule has 1 N–H and O–H groups in total. The van der Waals surface area contributed by atoms with Gasteiger partial charge < -0.3 is 5.32 Å². The number of nitrogens with one attached hydrogen (secondary N) is 1. The molecule has 2 fully saturated rings. The smallest absolute Gasteiger partial charge is 0.252 e. The number of benzene rings is 1. The molecule has 4 rings (SSSR count). The van der Waals surface area contributed by atoms with Crippen LogP contribution in [0.4, 0.5) is 0 Å². The Morgan fingerprint density at radius 3 is 2.52 bits per heavy atom. The molecule has 0 saturated heterocycles. The molecular weight excluding hydrogens is 459 g/mol. The van der Waals surface area contributed by atoms with Crippen LogP contribution >= 0.6 is 23.2 Å². The van der Waals surface area contributed by atoms with E-state index in [1.165, 1.54) is 23.7 Å². The number of aromatic nitrogens is 3. The minimum Gasteiger partial charge on any atom is -0.351 e. The summed E-state index contributed by atoms with van der Waals surface area (Å²) in [5, 5.41) is 11.0. The molecule has 0 atom stereocenters. The highest BCUT2D eigenvalue weighted by Gasteiger charge is 2.43. The number of carbonyl (C=O) groups is 1. The molecule has 1 amide bonds. The predicted octanol–water partition coefficient (Wildman–Crippen LogP) is 4.05. The van der Waals surface area contributed by atoms with Gasteiger partial charge in [0.25, 0.3) is 5.91 Å². The second-order valence-corrected chi connectivity index (χ2v) is 11.9. The van der Waals surface area contributed by atoms with Gasteiger partial charge in [-0.2, -0.15) is 0 Å². The number of halogens is 2. The topological polar surface area (TPSA) is 94.0 Å². The van der Waals surface area contributed by atoms with Crippen LogP contribution in [0.2, 0.25) is 10.0 Å². The fraction of sp³-hybridized carbons (Fsp3) is 0.571. The van der Waals surface area contributed by atoms with Gasteiger partial charge in [-0.1, -0.05) is 41.3 Å². The first-order valence-corrected chi connectivity index (χ1v) is 12.8. The SMILES string of the molecule is Cn1cc(S(=O)(=O)C2CCC(CNC(=O)c3ccc(Cl)cc3Cl)(CC3CC3)CC2)nn1. The highest BCUT2D eigenvalue weighted by molar-refractivity contribution is 7.92. The van der Waals surface area contributed by atoms with Gasteiger partial charge in [-0.3, -0.25) is 9.48 Å². The zero-order valence-corrected chi connectivity index (χ0v) is 19.7. The van der Waals surface area contributed by atoms with Crippen molar-refractivity contribution < 1.29 is 13.2 Å². The van der Waals surface area contributed by atoms with Gasteiger partial charge in [-0.15, -0.1) is 5.10 Å². The predicted molar refractivity (Wildman–Crippen MR) is 119 cm³/mol. The molecule has 2 aliphatic rings. The van der Waals surface area contributed by atoms with Crippen molar-refractivity contribution in [3.05, 3.63) is 40.0 Å². The number of hydrogen-bond donors (Lipinski definition) is 1. The highest BCUT2D eigenvalue weighted by atomic mass is 35.5. The molecule has 0 spiro atoms. The van der Waals surface area contributed by atoms with Crippen molar-refractivity contribution in [3.63, 3.8) is 0 Å². The molecule has 2 aliphatic carbocycles. The molecular formula is C21H26Cl2N4O3S. The van der Waals surface area contributed by atoms with Crippen molar-refractivity contribution >= 4 is 38.9 Å². The van der Waals surface area contributed by atoms with Gasteiger partial charge in [-0.05, 0) is 61.6 Å². The molecule has 0 radical (unpaired) electrons. The van der Waals surface area contributed by atoms with Crippen LogP contribution in [0, 0.1) is 11.3 Å². The summed E-state index contributed by atoms with van der Waals surface area (Å²) in [6.07, 6.45) is 7.51. The minimum atomic E-state index is -3.50. The second-order valence-electron chi connectivity index (χ2n) is 8.93. The number of sulfone groups is 1. The summed E-state index contributed by atoms with van der Waals surface area (Å²) in [5.74, 6) is 0.440. The van der Waals surface area contributed by atoms with E-state index in [1.807, 2.05) is 0 Å². The average molecular weight is 485 g/mol. The summed E-state index contributed by atoms with van der Waals surface area (Å²) in [6.45, 7) is 0.513. The van der Waals surface area contributed by atoms with E-state index in [1.54, 1.807) is 25.2 Å². The Morgan fingerprint density at radius 1 is 1.23 bits per heavy atom. The zero-order chi connectivity index (χ0) is 22.2. The van der Waals surface area contributed by atoms with Gasteiger partial charge in [0, 0.05) is 18.6 Å². The van der Waals surface area contributed by atoms with Crippen LogP contribution in [0.1, 0.15) is 55.3 Å². The summed E-state index contributed by atoms with van der Waals surface area (Å²) in [4.78, 5) is 12.7. The van der Waals surface area contributed by atoms with E-state index in [9.17, 15) is 13.2 Å². The van der Waals surface area contributed by atoms with E-state index < -0.39 is 15.1 Å². The maximum Gasteiger partial charge on any atom is 0.252 e. The molecule has 168 valence electrons. The Bertz CT molecular complexity index is 1070. The first-order chi connectivity index (χ1) is 14.7. The van der Waals surface area contributed by atoms with Crippen molar-refractivity contribution in [1.82, 2.24) is 20.3 Å². The first kappa shape index (κ1) is 22.6. The molecule has 0 unspecified atom stereocenters. The van der Waals surface area contributed by atoms with Crippen molar-refractivity contribution in [2.45, 2.75) is 55.2 Å². The van der Waals surface area contributed by atoms with Crippen LogP contribution in [0.25, 0.3) is 0 Å². The lowest BCUT2D eigenvalue weighted by Gasteiger charge is -2.40. The number of rotatable bonds is 7. The lowest BCUT2D eigenvalue weighted by Crippen LogP contribution is -2.42. The molecule has 7 nitrogen and oxygen atoms in total. The van der Waals surface area contributed by atoms with Crippen LogP contribution in [0.5, 0.6) is 0 Å². The van der Waals surface area contributed by atoms with Gasteiger partial charge in [0.1, 0.15) is 0 Å². The Morgan fingerprint density at radius 2 is 1.94 bits per heavy atom. The van der Waals surface area contributed by atoms with Crippen LogP contribution in [0.15, 0.2) is 29.4 Å². The molecule has 1 aromatic carbocycles. The van der Waals surface area contributed by atoms with Crippen molar-refractivity contribution in [1.29, 1.82) is 0 Å². The van der Waals surface area contributed by atoms with Gasteiger partial charge in [0.15, 0.2) is 5.03 Å². The third kappa shape index (κ3) is 5.07. The summed E-state index contributed by atoms with van der Waals surface area (Å²) in [5.41, 5.74) is 0.302. The molecule has 1 aromatic heterocycles. The van der Waals surface area contributed by atoms with E-state index >= 15 is 0 Å². The fourth-order valence-electron chi connectivity index (χ4n) is 4.57. The summed E-state index contributed by atoms with van der Waals surface area (Å²) < 4.78 is 27.3. The third-order valence-corrected chi connectivity index (χ3v) is 9.19. The van der Waals surface area contributed by atoms with E-state index in [-0.39, 0.29) is 16.3 Å². The van der Waals surface area contributed by atoms with Crippen LogP contribution < -0.4 is 5.32 Å². The van der Waals surface area contributed by atoms with Crippen molar-refractivity contribution in [2.75, 3.05) is 6.54 Å². The maximum atomic E-state index is 13.0. The van der Waals surface area contributed by atoms with E-state index in [2.05, 4.69) is 15.6 Å². The third-order valence-electron chi connectivity index (χ3n) is 6.52. The zero-order valence-electron chi connectivity index (χ0n) is 17.4. The number of carbonyl (C=O) groups excluding carboxylic acids is 1. The van der Waals surface area contributed by atoms with Crippen molar-refractivity contribution in [3.8, 4) is 0 Å². The maximum absolute atomic E-state index is 13.0. The second kappa shape index (κ2) is 8.71. The molecule has 10 heteroatoms. The molecule has 0 bridgehead atoms. The first-order valence-electron chi connectivity index (χ1n) is 10.5. The summed E-state index contributed by atoms with van der Waals surface area (Å²) in [7, 11) is -1.84.